The molecule has 2 fully saturated rings. The van der Waals surface area contributed by atoms with E-state index in [9.17, 15) is 14.4 Å². The molecule has 188 valence electrons. The lowest BCUT2D eigenvalue weighted by molar-refractivity contribution is -0.126. The summed E-state index contributed by atoms with van der Waals surface area (Å²) in [6.07, 6.45) is 0.480. The number of Topliss-reactive ketones (excluding diaryl/α,β-unsaturated/α-hetero) is 1. The van der Waals surface area contributed by atoms with Gasteiger partial charge in [0.25, 0.3) is 0 Å². The Hall–Kier alpha value is -4.03. The van der Waals surface area contributed by atoms with Gasteiger partial charge in [-0.15, -0.1) is 0 Å². The molecule has 2 aliphatic carbocycles. The van der Waals surface area contributed by atoms with E-state index in [1.165, 1.54) is 4.90 Å². The van der Waals surface area contributed by atoms with Crippen molar-refractivity contribution in [2.75, 3.05) is 4.90 Å². The quantitative estimate of drug-likeness (QED) is 0.321. The number of fused-ring (bicyclic) bond motifs is 4. The van der Waals surface area contributed by atoms with Gasteiger partial charge in [-0.2, -0.15) is 5.10 Å². The molecule has 0 N–H and O–H groups in total. The number of halogens is 1. The zero-order chi connectivity index (χ0) is 26.4. The highest BCUT2D eigenvalue weighted by Gasteiger charge is 2.85. The van der Waals surface area contributed by atoms with Gasteiger partial charge in [-0.05, 0) is 48.2 Å². The topological polar surface area (TPSA) is 72.3 Å². The van der Waals surface area contributed by atoms with Gasteiger partial charge < -0.3 is 0 Å². The number of anilines is 1. The highest BCUT2D eigenvalue weighted by Crippen LogP contribution is 2.75. The number of nitrogens with zero attached hydrogens (tertiary/aromatic N) is 3. The predicted octanol–water partition coefficient (Wildman–Crippen LogP) is 5.76. The normalized spacial score (nSPS) is 25.0. The van der Waals surface area contributed by atoms with Gasteiger partial charge in [-0.3, -0.25) is 14.4 Å². The van der Waals surface area contributed by atoms with Crippen LogP contribution in [-0.2, 0) is 16.0 Å². The van der Waals surface area contributed by atoms with Crippen LogP contribution in [0.2, 0.25) is 5.02 Å². The number of hydrogen-bond acceptors (Lipinski definition) is 4. The van der Waals surface area contributed by atoms with Crippen LogP contribution in [0.25, 0.3) is 16.9 Å². The number of hydrogen-bond donors (Lipinski definition) is 0. The summed E-state index contributed by atoms with van der Waals surface area (Å²) in [5, 5.41) is 5.53. The van der Waals surface area contributed by atoms with Gasteiger partial charge in [0.2, 0.25) is 11.8 Å². The fraction of sp³-hybridized carbons (Fsp3) is 0.226. The van der Waals surface area contributed by atoms with Crippen molar-refractivity contribution in [2.45, 2.75) is 20.3 Å². The number of carbonyl (C=O) groups is 3. The monoisotopic (exact) mass is 521 g/mol. The fourth-order valence-electron chi connectivity index (χ4n) is 6.94. The van der Waals surface area contributed by atoms with Gasteiger partial charge in [-0.25, -0.2) is 9.58 Å². The smallest absolute Gasteiger partial charge is 0.238 e. The van der Waals surface area contributed by atoms with Crippen LogP contribution in [-0.4, -0.2) is 27.4 Å². The Bertz CT molecular complexity index is 1620. The number of rotatable bonds is 3. The largest absolute Gasteiger partial charge is 0.293 e. The van der Waals surface area contributed by atoms with Crippen molar-refractivity contribution in [3.8, 4) is 16.9 Å². The molecule has 7 rings (SSSR count). The van der Waals surface area contributed by atoms with Crippen molar-refractivity contribution in [2.24, 2.45) is 22.7 Å². The third kappa shape index (κ3) is 2.84. The van der Waals surface area contributed by atoms with Crippen molar-refractivity contribution < 1.29 is 14.4 Å². The van der Waals surface area contributed by atoms with Crippen LogP contribution in [0.4, 0.5) is 5.69 Å². The van der Waals surface area contributed by atoms with Crippen molar-refractivity contribution in [1.29, 1.82) is 0 Å². The summed E-state index contributed by atoms with van der Waals surface area (Å²) in [5.74, 6) is -2.10. The van der Waals surface area contributed by atoms with Gasteiger partial charge in [0, 0.05) is 10.6 Å². The van der Waals surface area contributed by atoms with Gasteiger partial charge in [0.1, 0.15) is 0 Å². The SMILES string of the molecule is CC1(C)Cc2nn(-c3ccccc3)c(-c3ccc(Cl)cc3)c2C(=O)C12C1C(=O)N(c3ccccc3)C(=O)C12. The van der Waals surface area contributed by atoms with Crippen molar-refractivity contribution >= 4 is 34.9 Å². The predicted molar refractivity (Wildman–Crippen MR) is 144 cm³/mol. The summed E-state index contributed by atoms with van der Waals surface area (Å²) in [4.78, 5) is 43.4. The van der Waals surface area contributed by atoms with E-state index in [1.807, 2.05) is 62.4 Å². The van der Waals surface area contributed by atoms with Crippen molar-refractivity contribution in [3.63, 3.8) is 0 Å². The van der Waals surface area contributed by atoms with E-state index in [0.717, 1.165) is 11.3 Å². The fourth-order valence-corrected chi connectivity index (χ4v) is 7.07. The molecule has 3 aromatic carbocycles. The first-order valence-corrected chi connectivity index (χ1v) is 13.1. The molecule has 0 bridgehead atoms. The number of imide groups is 1. The van der Waals surface area contributed by atoms with Crippen molar-refractivity contribution in [1.82, 2.24) is 9.78 Å². The molecule has 0 radical (unpaired) electrons. The average molecular weight is 522 g/mol. The minimum atomic E-state index is -1.09. The molecule has 1 aliphatic heterocycles. The number of carbonyl (C=O) groups excluding carboxylic acids is 3. The standard InChI is InChI=1S/C31H24ClN3O3/c1-30(2)17-22-23(26(18-13-15-19(32)16-14-18)35(33-22)21-11-7-4-8-12-21)27(36)31(30)24-25(31)29(38)34(28(24)37)20-9-5-3-6-10-20/h3-16,24-25H,17H2,1-2H3. The lowest BCUT2D eigenvalue weighted by Crippen LogP contribution is -2.49. The third-order valence-electron chi connectivity index (χ3n) is 8.60. The van der Waals surface area contributed by atoms with Crippen LogP contribution in [0.15, 0.2) is 84.9 Å². The van der Waals surface area contributed by atoms with E-state index < -0.39 is 22.7 Å². The second-order valence-corrected chi connectivity index (χ2v) is 11.4. The van der Waals surface area contributed by atoms with E-state index >= 15 is 0 Å². The molecule has 1 spiro atoms. The summed E-state index contributed by atoms with van der Waals surface area (Å²) < 4.78 is 1.80. The van der Waals surface area contributed by atoms with Crippen LogP contribution >= 0.6 is 11.6 Å². The van der Waals surface area contributed by atoms with E-state index in [4.69, 9.17) is 16.7 Å². The molecule has 6 nitrogen and oxygen atoms in total. The van der Waals surface area contributed by atoms with Crippen molar-refractivity contribution in [3.05, 3.63) is 101 Å². The number of para-hydroxylation sites is 2. The first-order chi connectivity index (χ1) is 18.3. The van der Waals surface area contributed by atoms with Crippen LogP contribution in [0.3, 0.4) is 0 Å². The molecular formula is C31H24ClN3O3. The molecule has 2 amide bonds. The summed E-state index contributed by atoms with van der Waals surface area (Å²) in [5.41, 5.74) is 2.28. The summed E-state index contributed by atoms with van der Waals surface area (Å²) in [7, 11) is 0. The molecule has 1 saturated heterocycles. The second kappa shape index (κ2) is 7.74. The molecule has 2 atom stereocenters. The van der Waals surface area contributed by atoms with E-state index in [-0.39, 0.29) is 17.6 Å². The van der Waals surface area contributed by atoms with Crippen LogP contribution in [0.5, 0.6) is 0 Å². The van der Waals surface area contributed by atoms with Crippen LogP contribution < -0.4 is 4.90 Å². The Kier molecular flexibility index (Phi) is 4.71. The van der Waals surface area contributed by atoms with Gasteiger partial charge in [0.05, 0.1) is 45.6 Å². The van der Waals surface area contributed by atoms with Gasteiger partial charge in [-0.1, -0.05) is 74.0 Å². The zero-order valence-corrected chi connectivity index (χ0v) is 21.6. The Labute approximate surface area is 224 Å². The Balaban J connectivity index is 1.40. The summed E-state index contributed by atoms with van der Waals surface area (Å²) in [6, 6.07) is 25.9. The zero-order valence-electron chi connectivity index (χ0n) is 20.9. The Morgan fingerprint density at radius 2 is 1.34 bits per heavy atom. The number of aromatic nitrogens is 2. The molecule has 4 aromatic rings. The lowest BCUT2D eigenvalue weighted by atomic mass is 9.61. The van der Waals surface area contributed by atoms with E-state index in [0.29, 0.717) is 34.1 Å². The second-order valence-electron chi connectivity index (χ2n) is 11.0. The van der Waals surface area contributed by atoms with Crippen LogP contribution in [0, 0.1) is 22.7 Å². The third-order valence-corrected chi connectivity index (χ3v) is 8.85. The lowest BCUT2D eigenvalue weighted by Gasteiger charge is -2.40. The molecular weight excluding hydrogens is 498 g/mol. The Morgan fingerprint density at radius 3 is 1.92 bits per heavy atom. The van der Waals surface area contributed by atoms with Gasteiger partial charge in [0.15, 0.2) is 5.78 Å². The molecule has 38 heavy (non-hydrogen) atoms. The summed E-state index contributed by atoms with van der Waals surface area (Å²) >= 11 is 6.19. The summed E-state index contributed by atoms with van der Waals surface area (Å²) in [6.45, 7) is 3.98. The average Bonchev–Trinajstić information content (AvgIpc) is 3.40. The van der Waals surface area contributed by atoms with Crippen LogP contribution in [0.1, 0.15) is 29.9 Å². The Morgan fingerprint density at radius 1 is 0.789 bits per heavy atom. The number of ketones is 1. The molecule has 1 aromatic heterocycles. The minimum Gasteiger partial charge on any atom is -0.293 e. The maximum atomic E-state index is 14.7. The maximum absolute atomic E-state index is 14.7. The minimum absolute atomic E-state index is 0.166. The highest BCUT2D eigenvalue weighted by molar-refractivity contribution is 6.31. The maximum Gasteiger partial charge on any atom is 0.238 e. The molecule has 1 saturated carbocycles. The van der Waals surface area contributed by atoms with E-state index in [2.05, 4.69) is 0 Å². The first-order valence-electron chi connectivity index (χ1n) is 12.7. The first kappa shape index (κ1) is 23.1. The number of piperidine rings is 1. The van der Waals surface area contributed by atoms with E-state index in [1.54, 1.807) is 41.1 Å². The number of amides is 2. The molecule has 2 unspecified atom stereocenters. The number of benzene rings is 3. The molecule has 7 heteroatoms. The molecule has 2 heterocycles. The molecule has 3 aliphatic rings. The highest BCUT2D eigenvalue weighted by atomic mass is 35.5. The van der Waals surface area contributed by atoms with Gasteiger partial charge >= 0.3 is 0 Å².